The third-order valence-electron chi connectivity index (χ3n) is 5.05. The molecule has 0 saturated carbocycles. The van der Waals surface area contributed by atoms with E-state index in [1.54, 1.807) is 0 Å². The number of urea groups is 1. The van der Waals surface area contributed by atoms with Crippen molar-refractivity contribution in [2.24, 2.45) is 0 Å². The van der Waals surface area contributed by atoms with Gasteiger partial charge in [0, 0.05) is 50.1 Å². The maximum absolute atomic E-state index is 11.9. The molecule has 1 N–H and O–H groups in total. The van der Waals surface area contributed by atoms with E-state index >= 15 is 0 Å². The number of carbonyl (C=O) groups is 1. The second kappa shape index (κ2) is 9.26. The summed E-state index contributed by atoms with van der Waals surface area (Å²) in [6, 6.07) is 18.1. The van der Waals surface area contributed by atoms with Gasteiger partial charge in [0.2, 0.25) is 5.82 Å². The van der Waals surface area contributed by atoms with Crippen LogP contribution in [0.15, 0.2) is 59.1 Å². The van der Waals surface area contributed by atoms with Gasteiger partial charge in [0.1, 0.15) is 0 Å². The Morgan fingerprint density at radius 2 is 1.77 bits per heavy atom. The number of nitrogens with zero attached hydrogens (tertiary/aromatic N) is 4. The van der Waals surface area contributed by atoms with Crippen LogP contribution in [0, 0.1) is 0 Å². The number of piperazine rings is 1. The molecular formula is C23H25N5O2. The van der Waals surface area contributed by atoms with Crippen LogP contribution in [0.25, 0.3) is 23.5 Å². The van der Waals surface area contributed by atoms with Gasteiger partial charge in [-0.25, -0.2) is 4.79 Å². The van der Waals surface area contributed by atoms with Gasteiger partial charge < -0.3 is 19.6 Å². The van der Waals surface area contributed by atoms with E-state index in [0.717, 1.165) is 43.0 Å². The Morgan fingerprint density at radius 1 is 1.03 bits per heavy atom. The Balaban J connectivity index is 1.37. The number of amides is 2. The maximum atomic E-state index is 11.9. The van der Waals surface area contributed by atoms with Crippen LogP contribution < -0.4 is 10.2 Å². The molecule has 4 rings (SSSR count). The molecule has 0 atom stereocenters. The average molecular weight is 403 g/mol. The van der Waals surface area contributed by atoms with Gasteiger partial charge in [-0.1, -0.05) is 35.5 Å². The van der Waals surface area contributed by atoms with Crippen molar-refractivity contribution in [2.45, 2.75) is 6.92 Å². The van der Waals surface area contributed by atoms with Crippen molar-refractivity contribution in [1.29, 1.82) is 0 Å². The van der Waals surface area contributed by atoms with E-state index in [2.05, 4.69) is 32.5 Å². The number of aromatic nitrogens is 2. The predicted molar refractivity (Wildman–Crippen MR) is 118 cm³/mol. The van der Waals surface area contributed by atoms with Crippen LogP contribution in [0.4, 0.5) is 10.5 Å². The fourth-order valence-electron chi connectivity index (χ4n) is 3.40. The van der Waals surface area contributed by atoms with Crippen molar-refractivity contribution in [3.63, 3.8) is 0 Å². The third kappa shape index (κ3) is 4.68. The minimum atomic E-state index is 0.0155. The summed E-state index contributed by atoms with van der Waals surface area (Å²) in [6.07, 6.45) is 3.76. The van der Waals surface area contributed by atoms with Crippen LogP contribution in [0.5, 0.6) is 0 Å². The highest BCUT2D eigenvalue weighted by molar-refractivity contribution is 5.74. The largest absolute Gasteiger partial charge is 0.368 e. The minimum Gasteiger partial charge on any atom is -0.368 e. The highest BCUT2D eigenvalue weighted by Crippen LogP contribution is 2.22. The molecular weight excluding hydrogens is 378 g/mol. The molecule has 30 heavy (non-hydrogen) atoms. The smallest absolute Gasteiger partial charge is 0.317 e. The van der Waals surface area contributed by atoms with Crippen molar-refractivity contribution in [3.8, 4) is 11.4 Å². The molecule has 2 aromatic carbocycles. The highest BCUT2D eigenvalue weighted by Gasteiger charge is 2.20. The first-order valence-electron chi connectivity index (χ1n) is 10.2. The Labute approximate surface area is 176 Å². The number of carbonyl (C=O) groups excluding carboxylic acids is 1. The predicted octanol–water partition coefficient (Wildman–Crippen LogP) is 3.76. The summed E-state index contributed by atoms with van der Waals surface area (Å²) < 4.78 is 5.34. The van der Waals surface area contributed by atoms with Crippen LogP contribution >= 0.6 is 0 Å². The molecule has 3 aromatic rings. The van der Waals surface area contributed by atoms with E-state index in [0.29, 0.717) is 18.3 Å². The molecule has 1 aromatic heterocycles. The van der Waals surface area contributed by atoms with Gasteiger partial charge in [-0.15, -0.1) is 0 Å². The average Bonchev–Trinajstić information content (AvgIpc) is 3.28. The van der Waals surface area contributed by atoms with Gasteiger partial charge in [-0.2, -0.15) is 4.98 Å². The summed E-state index contributed by atoms with van der Waals surface area (Å²) in [4.78, 5) is 20.5. The normalized spacial score (nSPS) is 14.3. The Kier molecular flexibility index (Phi) is 6.08. The first-order chi connectivity index (χ1) is 14.7. The van der Waals surface area contributed by atoms with Crippen molar-refractivity contribution < 1.29 is 9.32 Å². The van der Waals surface area contributed by atoms with Crippen LogP contribution in [-0.2, 0) is 0 Å². The van der Waals surface area contributed by atoms with E-state index in [-0.39, 0.29) is 6.03 Å². The fourth-order valence-corrected chi connectivity index (χ4v) is 3.40. The summed E-state index contributed by atoms with van der Waals surface area (Å²) in [7, 11) is 0. The van der Waals surface area contributed by atoms with Crippen molar-refractivity contribution >= 4 is 23.9 Å². The number of hydrogen-bond acceptors (Lipinski definition) is 5. The summed E-state index contributed by atoms with van der Waals surface area (Å²) >= 11 is 0. The van der Waals surface area contributed by atoms with E-state index in [4.69, 9.17) is 4.52 Å². The lowest BCUT2D eigenvalue weighted by Crippen LogP contribution is -2.51. The fraction of sp³-hybridized carbons (Fsp3) is 0.261. The minimum absolute atomic E-state index is 0.0155. The van der Waals surface area contributed by atoms with Crippen LogP contribution in [0.1, 0.15) is 18.4 Å². The first-order valence-corrected chi connectivity index (χ1v) is 10.2. The Hall–Kier alpha value is -3.61. The monoisotopic (exact) mass is 403 g/mol. The van der Waals surface area contributed by atoms with Gasteiger partial charge in [0.15, 0.2) is 0 Å². The van der Waals surface area contributed by atoms with E-state index < -0.39 is 0 Å². The van der Waals surface area contributed by atoms with Gasteiger partial charge >= 0.3 is 6.03 Å². The van der Waals surface area contributed by atoms with E-state index in [1.165, 1.54) is 0 Å². The topological polar surface area (TPSA) is 74.5 Å². The SMILES string of the molecule is CCNC(=O)N1CCN(c2ccc(-c3noc(C=Cc4ccccc4)n3)cc2)CC1. The molecule has 0 bridgehead atoms. The van der Waals surface area contributed by atoms with Crippen LogP contribution in [0.2, 0.25) is 0 Å². The van der Waals surface area contributed by atoms with Crippen LogP contribution in [-0.4, -0.2) is 53.8 Å². The molecule has 0 spiro atoms. The van der Waals surface area contributed by atoms with Gasteiger partial charge in [0.25, 0.3) is 5.89 Å². The van der Waals surface area contributed by atoms with Gasteiger partial charge in [0.05, 0.1) is 0 Å². The van der Waals surface area contributed by atoms with Gasteiger partial charge in [-0.05, 0) is 42.8 Å². The molecule has 0 radical (unpaired) electrons. The molecule has 2 amide bonds. The Morgan fingerprint density at radius 3 is 2.47 bits per heavy atom. The maximum Gasteiger partial charge on any atom is 0.317 e. The summed E-state index contributed by atoms with van der Waals surface area (Å²) in [5.74, 6) is 1.04. The number of benzene rings is 2. The van der Waals surface area contributed by atoms with E-state index in [9.17, 15) is 4.79 Å². The second-order valence-electron chi connectivity index (χ2n) is 7.06. The molecule has 1 aliphatic heterocycles. The lowest BCUT2D eigenvalue weighted by atomic mass is 10.1. The second-order valence-corrected chi connectivity index (χ2v) is 7.06. The molecule has 7 nitrogen and oxygen atoms in total. The van der Waals surface area contributed by atoms with Crippen molar-refractivity contribution in [1.82, 2.24) is 20.4 Å². The number of anilines is 1. The van der Waals surface area contributed by atoms with E-state index in [1.807, 2.05) is 66.4 Å². The molecule has 0 aliphatic carbocycles. The lowest BCUT2D eigenvalue weighted by Gasteiger charge is -2.36. The molecule has 0 unspecified atom stereocenters. The molecule has 1 saturated heterocycles. The zero-order valence-corrected chi connectivity index (χ0v) is 17.0. The quantitative estimate of drug-likeness (QED) is 0.702. The molecule has 1 aliphatic rings. The molecule has 154 valence electrons. The molecule has 2 heterocycles. The van der Waals surface area contributed by atoms with Crippen LogP contribution in [0.3, 0.4) is 0 Å². The number of hydrogen-bond donors (Lipinski definition) is 1. The first kappa shape index (κ1) is 19.7. The third-order valence-corrected chi connectivity index (χ3v) is 5.05. The summed E-state index contributed by atoms with van der Waals surface area (Å²) in [5, 5.41) is 6.94. The van der Waals surface area contributed by atoms with Crippen molar-refractivity contribution in [2.75, 3.05) is 37.6 Å². The zero-order chi connectivity index (χ0) is 20.8. The summed E-state index contributed by atoms with van der Waals surface area (Å²) in [6.45, 7) is 5.65. The number of rotatable bonds is 5. The molecule has 7 heteroatoms. The summed E-state index contributed by atoms with van der Waals surface area (Å²) in [5.41, 5.74) is 3.11. The zero-order valence-electron chi connectivity index (χ0n) is 17.0. The molecule has 1 fully saturated rings. The Bertz CT molecular complexity index is 990. The van der Waals surface area contributed by atoms with Crippen molar-refractivity contribution in [3.05, 3.63) is 66.1 Å². The standard InChI is InChI=1S/C23H25N5O2/c1-2-24-23(29)28-16-14-27(15-17-28)20-11-9-19(10-12-20)22-25-21(30-26-22)13-8-18-6-4-3-5-7-18/h3-13H,2,14-17H2,1H3,(H,24,29). The van der Waals surface area contributed by atoms with Gasteiger partial charge in [-0.3, -0.25) is 0 Å². The lowest BCUT2D eigenvalue weighted by molar-refractivity contribution is 0.195. The highest BCUT2D eigenvalue weighted by atomic mass is 16.5. The number of nitrogens with one attached hydrogen (secondary N) is 1.